The molecule has 5 aliphatic rings. The van der Waals surface area contributed by atoms with E-state index < -0.39 is 17.5 Å². The summed E-state index contributed by atoms with van der Waals surface area (Å²) in [4.78, 5) is 12.5. The Balaban J connectivity index is 1.55. The number of carbonyl (C=O) groups is 1. The number of allylic oxidation sites excluding steroid dienone is 1. The number of aliphatic carboxylic acids is 1. The molecule has 2 N–H and O–H groups in total. The van der Waals surface area contributed by atoms with Gasteiger partial charge >= 0.3 is 5.97 Å². The Morgan fingerprint density at radius 1 is 0.818 bits per heavy atom. The van der Waals surface area contributed by atoms with Gasteiger partial charge in [-0.15, -0.1) is 0 Å². The molecule has 3 heteroatoms. The van der Waals surface area contributed by atoms with E-state index in [0.29, 0.717) is 29.1 Å². The van der Waals surface area contributed by atoms with Gasteiger partial charge in [0, 0.05) is 0 Å². The second-order valence-corrected chi connectivity index (χ2v) is 14.5. The van der Waals surface area contributed by atoms with Crippen molar-refractivity contribution in [3.63, 3.8) is 0 Å². The third-order valence-electron chi connectivity index (χ3n) is 13.6. The van der Waals surface area contributed by atoms with Crippen LogP contribution in [0.5, 0.6) is 0 Å². The Morgan fingerprint density at radius 3 is 2.15 bits per heavy atom. The topological polar surface area (TPSA) is 57.5 Å². The molecule has 5 fully saturated rings. The third kappa shape index (κ3) is 2.75. The average molecular weight is 457 g/mol. The van der Waals surface area contributed by atoms with E-state index in [9.17, 15) is 15.0 Å². The van der Waals surface area contributed by atoms with E-state index in [0.717, 1.165) is 31.1 Å². The molecule has 0 aliphatic heterocycles. The Bertz CT molecular complexity index is 865. The monoisotopic (exact) mass is 456 g/mol. The smallest absolute Gasteiger partial charge is 0.312 e. The van der Waals surface area contributed by atoms with Crippen molar-refractivity contribution >= 4 is 5.97 Å². The molecule has 0 saturated heterocycles. The molecule has 0 radical (unpaired) electrons. The minimum Gasteiger partial charge on any atom is -0.481 e. The van der Waals surface area contributed by atoms with Gasteiger partial charge in [-0.25, -0.2) is 0 Å². The standard InChI is InChI=1S/C30H48O3/c1-18(2)19-10-13-26(3)16-17-28(5)20(24(19)26)8-9-21-27(4)14-12-23(31)30(7,25(32)33)22(27)11-15-29(21,28)6/h19-24,31H,1,8-17H2,2-7H3,(H,32,33)/t19-,20+,21+,22+,23+,24-,26+,27+,28+,29+,30+/m0/s1. The zero-order valence-corrected chi connectivity index (χ0v) is 22.0. The minimum atomic E-state index is -1.02. The third-order valence-corrected chi connectivity index (χ3v) is 13.6. The predicted octanol–water partition coefficient (Wildman–Crippen LogP) is 7.09. The second kappa shape index (κ2) is 7.11. The quantitative estimate of drug-likeness (QED) is 0.436. The van der Waals surface area contributed by atoms with Crippen LogP contribution >= 0.6 is 0 Å². The van der Waals surface area contributed by atoms with Crippen molar-refractivity contribution in [2.45, 2.75) is 112 Å². The van der Waals surface area contributed by atoms with Gasteiger partial charge < -0.3 is 10.2 Å². The highest BCUT2D eigenvalue weighted by molar-refractivity contribution is 5.76. The first-order valence-electron chi connectivity index (χ1n) is 13.8. The summed E-state index contributed by atoms with van der Waals surface area (Å²) in [6.45, 7) is 18.8. The van der Waals surface area contributed by atoms with Gasteiger partial charge in [-0.3, -0.25) is 4.79 Å². The summed E-state index contributed by atoms with van der Waals surface area (Å²) in [5.41, 5.74) is 1.39. The van der Waals surface area contributed by atoms with Crippen molar-refractivity contribution in [1.29, 1.82) is 0 Å². The lowest BCUT2D eigenvalue weighted by Crippen LogP contribution is -2.67. The van der Waals surface area contributed by atoms with Gasteiger partial charge in [0.1, 0.15) is 0 Å². The molecule has 11 atom stereocenters. The van der Waals surface area contributed by atoms with Crippen molar-refractivity contribution < 1.29 is 15.0 Å². The van der Waals surface area contributed by atoms with Gasteiger partial charge in [-0.1, -0.05) is 39.8 Å². The van der Waals surface area contributed by atoms with Gasteiger partial charge in [0.15, 0.2) is 0 Å². The van der Waals surface area contributed by atoms with Crippen LogP contribution in [0.4, 0.5) is 0 Å². The summed E-state index contributed by atoms with van der Waals surface area (Å²) in [6.07, 6.45) is 10.8. The van der Waals surface area contributed by atoms with Gasteiger partial charge in [-0.2, -0.15) is 0 Å². The van der Waals surface area contributed by atoms with Crippen LogP contribution in [0.15, 0.2) is 12.2 Å². The number of carboxylic acids is 1. The van der Waals surface area contributed by atoms with E-state index >= 15 is 0 Å². The van der Waals surface area contributed by atoms with E-state index in [4.69, 9.17) is 0 Å². The molecule has 0 heterocycles. The van der Waals surface area contributed by atoms with E-state index in [1.165, 1.54) is 44.1 Å². The lowest BCUT2D eigenvalue weighted by atomic mass is 9.32. The predicted molar refractivity (Wildman–Crippen MR) is 133 cm³/mol. The van der Waals surface area contributed by atoms with E-state index in [-0.39, 0.29) is 16.7 Å². The van der Waals surface area contributed by atoms with E-state index in [2.05, 4.69) is 41.2 Å². The maximum atomic E-state index is 12.5. The molecule has 0 aromatic rings. The van der Waals surface area contributed by atoms with Crippen LogP contribution in [0.1, 0.15) is 106 Å². The van der Waals surface area contributed by atoms with Crippen molar-refractivity contribution in [3.05, 3.63) is 12.2 Å². The number of aliphatic hydroxyl groups is 1. The van der Waals surface area contributed by atoms with Crippen LogP contribution in [-0.2, 0) is 4.79 Å². The summed E-state index contributed by atoms with van der Waals surface area (Å²) in [6, 6.07) is 0. The Hall–Kier alpha value is -0.830. The molecule has 0 unspecified atom stereocenters. The number of hydrogen-bond donors (Lipinski definition) is 2. The van der Waals surface area contributed by atoms with Crippen molar-refractivity contribution in [3.8, 4) is 0 Å². The first-order chi connectivity index (χ1) is 15.3. The average Bonchev–Trinajstić information content (AvgIpc) is 3.09. The molecule has 0 spiro atoms. The van der Waals surface area contributed by atoms with Gasteiger partial charge in [0.2, 0.25) is 0 Å². The molecule has 5 aliphatic carbocycles. The molecular formula is C30H48O3. The van der Waals surface area contributed by atoms with Crippen LogP contribution < -0.4 is 0 Å². The van der Waals surface area contributed by atoms with E-state index in [1.807, 2.05) is 6.92 Å². The van der Waals surface area contributed by atoms with Crippen LogP contribution in [0.2, 0.25) is 0 Å². The molecule has 0 aromatic carbocycles. The molecule has 33 heavy (non-hydrogen) atoms. The summed E-state index contributed by atoms with van der Waals surface area (Å²) in [5.74, 6) is 2.00. The summed E-state index contributed by atoms with van der Waals surface area (Å²) >= 11 is 0. The van der Waals surface area contributed by atoms with Crippen molar-refractivity contribution in [2.24, 2.45) is 56.7 Å². The number of fused-ring (bicyclic) bond motifs is 7. The number of carboxylic acid groups (broad SMARTS) is 1. The molecule has 0 aromatic heterocycles. The highest BCUT2D eigenvalue weighted by Gasteiger charge is 2.71. The lowest BCUT2D eigenvalue weighted by Gasteiger charge is -2.72. The lowest BCUT2D eigenvalue weighted by molar-refractivity contribution is -0.250. The molecule has 3 nitrogen and oxygen atoms in total. The SMILES string of the molecule is C=C(C)[C@@H]1CC[C@]2(C)CC[C@]3(C)[C@H](CC[C@@H]4[C@@]5(C)CC[C@@H](O)[C@](C)(C(=O)O)[C@@H]5CC[C@]43C)[C@H]12. The number of rotatable bonds is 2. The van der Waals surface area contributed by atoms with Gasteiger partial charge in [0.05, 0.1) is 11.5 Å². The Labute approximate surface area is 201 Å². The van der Waals surface area contributed by atoms with Crippen LogP contribution in [0.25, 0.3) is 0 Å². The van der Waals surface area contributed by atoms with Crippen LogP contribution in [-0.4, -0.2) is 22.3 Å². The van der Waals surface area contributed by atoms with Crippen molar-refractivity contribution in [2.75, 3.05) is 0 Å². The molecule has 0 bridgehead atoms. The van der Waals surface area contributed by atoms with Crippen LogP contribution in [0.3, 0.4) is 0 Å². The summed E-state index contributed by atoms with van der Waals surface area (Å²) in [7, 11) is 0. The van der Waals surface area contributed by atoms with Crippen molar-refractivity contribution in [1.82, 2.24) is 0 Å². The fraction of sp³-hybridized carbons (Fsp3) is 0.900. The van der Waals surface area contributed by atoms with E-state index in [1.54, 1.807) is 0 Å². The molecule has 5 rings (SSSR count). The largest absolute Gasteiger partial charge is 0.481 e. The van der Waals surface area contributed by atoms with Crippen LogP contribution in [0, 0.1) is 56.7 Å². The fourth-order valence-electron chi connectivity index (χ4n) is 11.5. The molecule has 5 saturated carbocycles. The normalized spacial score (nSPS) is 57.9. The maximum Gasteiger partial charge on any atom is 0.312 e. The first kappa shape index (κ1) is 23.9. The zero-order valence-electron chi connectivity index (χ0n) is 22.0. The number of hydrogen-bond acceptors (Lipinski definition) is 2. The Kier molecular flexibility index (Phi) is 5.15. The maximum absolute atomic E-state index is 12.5. The zero-order chi connectivity index (χ0) is 24.2. The Morgan fingerprint density at radius 2 is 1.52 bits per heavy atom. The van der Waals surface area contributed by atoms with Gasteiger partial charge in [0.25, 0.3) is 0 Å². The first-order valence-corrected chi connectivity index (χ1v) is 13.8. The highest BCUT2D eigenvalue weighted by Crippen LogP contribution is 2.77. The fourth-order valence-corrected chi connectivity index (χ4v) is 11.5. The minimum absolute atomic E-state index is 0.00245. The molecule has 186 valence electrons. The second-order valence-electron chi connectivity index (χ2n) is 14.5. The summed E-state index contributed by atoms with van der Waals surface area (Å²) in [5, 5.41) is 21.1. The molecular weight excluding hydrogens is 408 g/mol. The van der Waals surface area contributed by atoms with Gasteiger partial charge in [-0.05, 0) is 129 Å². The number of aliphatic hydroxyl groups excluding tert-OH is 1. The summed E-state index contributed by atoms with van der Waals surface area (Å²) < 4.78 is 0. The highest BCUT2D eigenvalue weighted by atomic mass is 16.4. The molecule has 0 amide bonds.